The average molecular weight is 875 g/mol. The predicted octanol–water partition coefficient (Wildman–Crippen LogP) is 17.0. The Hall–Kier alpha value is -3.67. The number of rotatable bonds is 45. The number of ether oxygens (including phenoxy) is 3. The number of hydrogen-bond acceptors (Lipinski definition) is 6. The van der Waals surface area contributed by atoms with Crippen molar-refractivity contribution in [1.82, 2.24) is 0 Å². The maximum atomic E-state index is 12.8. The Morgan fingerprint density at radius 3 is 1.17 bits per heavy atom. The van der Waals surface area contributed by atoms with Crippen molar-refractivity contribution >= 4 is 17.9 Å². The number of esters is 3. The van der Waals surface area contributed by atoms with Crippen LogP contribution in [0.2, 0.25) is 0 Å². The lowest BCUT2D eigenvalue weighted by Gasteiger charge is -2.18. The third kappa shape index (κ3) is 49.2. The largest absolute Gasteiger partial charge is 0.462 e. The van der Waals surface area contributed by atoms with E-state index in [1.807, 2.05) is 18.2 Å². The molecule has 0 bridgehead atoms. The van der Waals surface area contributed by atoms with Crippen LogP contribution in [0.15, 0.2) is 97.2 Å². The zero-order valence-electron chi connectivity index (χ0n) is 40.8. The van der Waals surface area contributed by atoms with Gasteiger partial charge in [-0.25, -0.2) is 0 Å². The number of carbonyl (C=O) groups is 3. The van der Waals surface area contributed by atoms with Crippen LogP contribution in [0.4, 0.5) is 0 Å². The Morgan fingerprint density at radius 1 is 0.349 bits per heavy atom. The first-order chi connectivity index (χ1) is 31.0. The monoisotopic (exact) mass is 875 g/mol. The van der Waals surface area contributed by atoms with Gasteiger partial charge in [-0.05, 0) is 89.9 Å². The highest BCUT2D eigenvalue weighted by Gasteiger charge is 2.19. The van der Waals surface area contributed by atoms with Crippen LogP contribution in [0.25, 0.3) is 0 Å². The SMILES string of the molecule is CC\C=C/C=C\C=C/C=C\CCCCCCCC(=O)OC(COC(=O)CCCCCCC/C=C\CCCC)COC(=O)CCCCCCCCCCC/C=C\C/C=C\C/C=C\CC. The summed E-state index contributed by atoms with van der Waals surface area (Å²) in [5.41, 5.74) is 0. The van der Waals surface area contributed by atoms with Crippen molar-refractivity contribution in [2.45, 2.75) is 232 Å². The van der Waals surface area contributed by atoms with Crippen LogP contribution in [0.1, 0.15) is 226 Å². The fourth-order valence-electron chi connectivity index (χ4n) is 6.80. The third-order valence-electron chi connectivity index (χ3n) is 10.6. The molecule has 0 fully saturated rings. The summed E-state index contributed by atoms with van der Waals surface area (Å²) in [6.07, 6.45) is 66.7. The Kier molecular flexibility index (Phi) is 48.0. The molecule has 0 amide bonds. The molecule has 0 aromatic rings. The minimum atomic E-state index is -0.795. The smallest absolute Gasteiger partial charge is 0.306 e. The minimum absolute atomic E-state index is 0.0938. The molecule has 0 aliphatic carbocycles. The van der Waals surface area contributed by atoms with Gasteiger partial charge < -0.3 is 14.2 Å². The maximum absolute atomic E-state index is 12.8. The van der Waals surface area contributed by atoms with Gasteiger partial charge in [-0.1, -0.05) is 214 Å². The van der Waals surface area contributed by atoms with Crippen LogP contribution in [-0.2, 0) is 28.6 Å². The molecule has 358 valence electrons. The fraction of sp³-hybridized carbons (Fsp3) is 0.667. The summed E-state index contributed by atoms with van der Waals surface area (Å²) in [5.74, 6) is -0.936. The zero-order valence-corrected chi connectivity index (χ0v) is 40.8. The van der Waals surface area contributed by atoms with E-state index >= 15 is 0 Å². The van der Waals surface area contributed by atoms with Crippen LogP contribution >= 0.6 is 0 Å². The second kappa shape index (κ2) is 51.0. The lowest BCUT2D eigenvalue weighted by molar-refractivity contribution is -0.167. The van der Waals surface area contributed by atoms with Gasteiger partial charge in [0.2, 0.25) is 0 Å². The standard InChI is InChI=1S/C57H94O6/c1-4-7-10-13-16-19-22-24-26-27-28-29-31-32-35-38-41-44-47-50-56(59)62-53-54(52-61-55(58)49-46-43-40-37-34-21-18-15-12-9-6-3)63-57(60)51-48-45-42-39-36-33-30-25-23-20-17-14-11-8-5-2/h7-8,10-11,14-20,23-26,30,54H,4-6,9,12-13,21-22,27-29,31-53H2,1-3H3/b10-7-,11-8-,17-14-,18-15-,19-16-,23-20-,26-24-,30-25-. The lowest BCUT2D eigenvalue weighted by Crippen LogP contribution is -2.30. The highest BCUT2D eigenvalue weighted by molar-refractivity contribution is 5.71. The predicted molar refractivity (Wildman–Crippen MR) is 270 cm³/mol. The molecule has 6 nitrogen and oxygen atoms in total. The van der Waals surface area contributed by atoms with E-state index in [1.54, 1.807) is 0 Å². The molecule has 0 saturated heterocycles. The summed E-state index contributed by atoms with van der Waals surface area (Å²) in [6.45, 7) is 6.31. The van der Waals surface area contributed by atoms with E-state index in [9.17, 15) is 14.4 Å². The lowest BCUT2D eigenvalue weighted by atomic mass is 10.1. The molecule has 0 spiro atoms. The molecule has 0 rings (SSSR count). The number of allylic oxidation sites excluding steroid dienone is 16. The highest BCUT2D eigenvalue weighted by Crippen LogP contribution is 2.14. The molecule has 1 atom stereocenters. The molecule has 0 N–H and O–H groups in total. The summed E-state index contributed by atoms with van der Waals surface area (Å²) in [7, 11) is 0. The Balaban J connectivity index is 4.40. The summed E-state index contributed by atoms with van der Waals surface area (Å²) >= 11 is 0. The van der Waals surface area contributed by atoms with Gasteiger partial charge in [-0.2, -0.15) is 0 Å². The van der Waals surface area contributed by atoms with Crippen LogP contribution in [0.3, 0.4) is 0 Å². The van der Waals surface area contributed by atoms with Crippen molar-refractivity contribution in [2.75, 3.05) is 13.2 Å². The molecule has 0 aromatic heterocycles. The van der Waals surface area contributed by atoms with Gasteiger partial charge in [0, 0.05) is 19.3 Å². The molecule has 1 unspecified atom stereocenters. The summed E-state index contributed by atoms with van der Waals surface area (Å²) in [5, 5.41) is 0. The minimum Gasteiger partial charge on any atom is -0.462 e. The second-order valence-corrected chi connectivity index (χ2v) is 16.8. The van der Waals surface area contributed by atoms with E-state index in [2.05, 4.69) is 99.8 Å². The molecular formula is C57H94O6. The van der Waals surface area contributed by atoms with Gasteiger partial charge in [0.1, 0.15) is 13.2 Å². The molecular weight excluding hydrogens is 781 g/mol. The van der Waals surface area contributed by atoms with E-state index in [4.69, 9.17) is 14.2 Å². The molecule has 0 aromatic carbocycles. The van der Waals surface area contributed by atoms with Crippen molar-refractivity contribution in [1.29, 1.82) is 0 Å². The molecule has 0 radical (unpaired) electrons. The fourth-order valence-corrected chi connectivity index (χ4v) is 6.80. The molecule has 0 aliphatic heterocycles. The van der Waals surface area contributed by atoms with Crippen molar-refractivity contribution in [3.8, 4) is 0 Å². The van der Waals surface area contributed by atoms with Crippen molar-refractivity contribution in [2.24, 2.45) is 0 Å². The normalized spacial score (nSPS) is 12.9. The van der Waals surface area contributed by atoms with Crippen LogP contribution in [0.5, 0.6) is 0 Å². The Bertz CT molecular complexity index is 1280. The van der Waals surface area contributed by atoms with Crippen LogP contribution in [0, 0.1) is 0 Å². The van der Waals surface area contributed by atoms with E-state index in [0.717, 1.165) is 116 Å². The summed E-state index contributed by atoms with van der Waals surface area (Å²) < 4.78 is 16.8. The Labute approximate surface area is 387 Å². The first-order valence-electron chi connectivity index (χ1n) is 25.8. The molecule has 6 heteroatoms. The van der Waals surface area contributed by atoms with E-state index in [-0.39, 0.29) is 31.1 Å². The van der Waals surface area contributed by atoms with Gasteiger partial charge in [0.25, 0.3) is 0 Å². The first kappa shape index (κ1) is 59.3. The van der Waals surface area contributed by atoms with Gasteiger partial charge >= 0.3 is 17.9 Å². The van der Waals surface area contributed by atoms with Gasteiger partial charge in [0.05, 0.1) is 0 Å². The zero-order chi connectivity index (χ0) is 45.8. The average Bonchev–Trinajstić information content (AvgIpc) is 3.28. The Morgan fingerprint density at radius 2 is 0.698 bits per heavy atom. The van der Waals surface area contributed by atoms with Gasteiger partial charge in [0.15, 0.2) is 6.10 Å². The van der Waals surface area contributed by atoms with Crippen molar-refractivity contribution in [3.63, 3.8) is 0 Å². The molecule has 0 aliphatic rings. The van der Waals surface area contributed by atoms with E-state index in [0.29, 0.717) is 19.3 Å². The van der Waals surface area contributed by atoms with Crippen molar-refractivity contribution in [3.05, 3.63) is 97.2 Å². The van der Waals surface area contributed by atoms with Gasteiger partial charge in [-0.15, -0.1) is 0 Å². The topological polar surface area (TPSA) is 78.9 Å². The molecule has 0 heterocycles. The van der Waals surface area contributed by atoms with Crippen LogP contribution < -0.4 is 0 Å². The van der Waals surface area contributed by atoms with Gasteiger partial charge in [-0.3, -0.25) is 14.4 Å². The quantitative estimate of drug-likeness (QED) is 0.0199. The maximum Gasteiger partial charge on any atom is 0.306 e. The molecule has 0 saturated carbocycles. The van der Waals surface area contributed by atoms with E-state index < -0.39 is 6.10 Å². The second-order valence-electron chi connectivity index (χ2n) is 16.8. The number of carbonyl (C=O) groups excluding carboxylic acids is 3. The third-order valence-corrected chi connectivity index (χ3v) is 10.6. The van der Waals surface area contributed by atoms with Crippen molar-refractivity contribution < 1.29 is 28.6 Å². The highest BCUT2D eigenvalue weighted by atomic mass is 16.6. The first-order valence-corrected chi connectivity index (χ1v) is 25.8. The molecule has 63 heavy (non-hydrogen) atoms. The van der Waals surface area contributed by atoms with Crippen LogP contribution in [-0.4, -0.2) is 37.2 Å². The summed E-state index contributed by atoms with van der Waals surface area (Å²) in [6, 6.07) is 0. The number of hydrogen-bond donors (Lipinski definition) is 0. The van der Waals surface area contributed by atoms with E-state index in [1.165, 1.54) is 70.6 Å². The summed E-state index contributed by atoms with van der Waals surface area (Å²) in [4.78, 5) is 38.0. The number of unbranched alkanes of at least 4 members (excludes halogenated alkanes) is 21.